The van der Waals surface area contributed by atoms with Crippen molar-refractivity contribution >= 4 is 34.4 Å². The van der Waals surface area contributed by atoms with Crippen molar-refractivity contribution in [2.24, 2.45) is 5.10 Å². The van der Waals surface area contributed by atoms with E-state index in [-0.39, 0.29) is 0 Å². The number of anilines is 1. The molecule has 1 aromatic heterocycles. The van der Waals surface area contributed by atoms with Gasteiger partial charge < -0.3 is 4.74 Å². The smallest absolute Gasteiger partial charge is 0.119 e. The summed E-state index contributed by atoms with van der Waals surface area (Å²) in [5.74, 6) is 0.777. The summed E-state index contributed by atoms with van der Waals surface area (Å²) in [5.41, 5.74) is 5.61. The lowest BCUT2D eigenvalue weighted by Crippen LogP contribution is -1.94. The minimum atomic E-state index is 0.661. The Labute approximate surface area is 133 Å². The van der Waals surface area contributed by atoms with Crippen LogP contribution >= 0.6 is 11.6 Å². The number of hydrazone groups is 1. The highest BCUT2D eigenvalue weighted by Gasteiger charge is 2.03. The van der Waals surface area contributed by atoms with Gasteiger partial charge >= 0.3 is 0 Å². The number of pyridine rings is 1. The number of aromatic nitrogens is 1. The molecule has 0 fully saturated rings. The Balaban J connectivity index is 1.89. The minimum absolute atomic E-state index is 0.661. The molecule has 4 nitrogen and oxygen atoms in total. The van der Waals surface area contributed by atoms with E-state index in [1.54, 1.807) is 19.5 Å². The molecule has 1 N–H and O–H groups in total. The van der Waals surface area contributed by atoms with Gasteiger partial charge in [0.2, 0.25) is 0 Å². The Kier molecular flexibility index (Phi) is 4.21. The van der Waals surface area contributed by atoms with E-state index in [1.807, 2.05) is 48.5 Å². The summed E-state index contributed by atoms with van der Waals surface area (Å²) in [5, 5.41) is 5.85. The molecular weight excluding hydrogens is 298 g/mol. The van der Waals surface area contributed by atoms with Crippen LogP contribution in [0.3, 0.4) is 0 Å². The quantitative estimate of drug-likeness (QED) is 0.576. The van der Waals surface area contributed by atoms with E-state index in [0.29, 0.717) is 5.02 Å². The molecule has 0 saturated heterocycles. The SMILES string of the molecule is COc1ccc2nccc(N/N=C/c3ccccc3Cl)c2c1. The third-order valence-corrected chi connectivity index (χ3v) is 3.59. The number of ether oxygens (including phenoxy) is 1. The first-order valence-electron chi connectivity index (χ1n) is 6.74. The largest absolute Gasteiger partial charge is 0.497 e. The fourth-order valence-corrected chi connectivity index (χ4v) is 2.29. The van der Waals surface area contributed by atoms with Crippen molar-refractivity contribution in [2.75, 3.05) is 12.5 Å². The second-order valence-electron chi connectivity index (χ2n) is 4.63. The van der Waals surface area contributed by atoms with Crippen molar-refractivity contribution in [1.29, 1.82) is 0 Å². The van der Waals surface area contributed by atoms with Crippen molar-refractivity contribution in [2.45, 2.75) is 0 Å². The Hall–Kier alpha value is -2.59. The molecule has 0 bridgehead atoms. The lowest BCUT2D eigenvalue weighted by molar-refractivity contribution is 0.415. The predicted octanol–water partition coefficient (Wildman–Crippen LogP) is 4.34. The van der Waals surface area contributed by atoms with E-state index in [4.69, 9.17) is 16.3 Å². The van der Waals surface area contributed by atoms with E-state index >= 15 is 0 Å². The number of fused-ring (bicyclic) bond motifs is 1. The second kappa shape index (κ2) is 6.45. The summed E-state index contributed by atoms with van der Waals surface area (Å²) in [4.78, 5) is 4.33. The number of rotatable bonds is 4. The molecule has 1 heterocycles. The van der Waals surface area contributed by atoms with Gasteiger partial charge in [0.1, 0.15) is 5.75 Å². The number of methoxy groups -OCH3 is 1. The molecule has 22 heavy (non-hydrogen) atoms. The molecule has 5 heteroatoms. The van der Waals surface area contributed by atoms with Gasteiger partial charge in [-0.2, -0.15) is 5.10 Å². The van der Waals surface area contributed by atoms with Crippen molar-refractivity contribution in [3.8, 4) is 5.75 Å². The van der Waals surface area contributed by atoms with Crippen LogP contribution in [0, 0.1) is 0 Å². The number of halogens is 1. The molecule has 0 radical (unpaired) electrons. The van der Waals surface area contributed by atoms with Crippen LogP contribution in [-0.2, 0) is 0 Å². The van der Waals surface area contributed by atoms with E-state index in [2.05, 4.69) is 15.5 Å². The number of nitrogens with one attached hydrogen (secondary N) is 1. The molecule has 0 aliphatic carbocycles. The average molecular weight is 312 g/mol. The molecule has 2 aromatic carbocycles. The lowest BCUT2D eigenvalue weighted by atomic mass is 10.2. The third-order valence-electron chi connectivity index (χ3n) is 3.24. The van der Waals surface area contributed by atoms with Gasteiger partial charge in [0.15, 0.2) is 0 Å². The fourth-order valence-electron chi connectivity index (χ4n) is 2.10. The van der Waals surface area contributed by atoms with E-state index < -0.39 is 0 Å². The second-order valence-corrected chi connectivity index (χ2v) is 5.04. The molecule has 0 spiro atoms. The van der Waals surface area contributed by atoms with Crippen molar-refractivity contribution in [1.82, 2.24) is 4.98 Å². The van der Waals surface area contributed by atoms with Crippen molar-refractivity contribution in [3.05, 3.63) is 65.3 Å². The van der Waals surface area contributed by atoms with Gasteiger partial charge in [-0.1, -0.05) is 29.8 Å². The fraction of sp³-hybridized carbons (Fsp3) is 0.0588. The molecule has 0 atom stereocenters. The molecule has 3 aromatic rings. The zero-order chi connectivity index (χ0) is 15.4. The maximum absolute atomic E-state index is 6.10. The summed E-state index contributed by atoms with van der Waals surface area (Å²) >= 11 is 6.10. The highest BCUT2D eigenvalue weighted by Crippen LogP contribution is 2.25. The highest BCUT2D eigenvalue weighted by atomic mass is 35.5. The summed E-state index contributed by atoms with van der Waals surface area (Å²) in [6.07, 6.45) is 3.43. The zero-order valence-electron chi connectivity index (χ0n) is 12.0. The van der Waals surface area contributed by atoms with Crippen LogP contribution in [0.15, 0.2) is 59.8 Å². The standard InChI is InChI=1S/C17H14ClN3O/c1-22-13-6-7-16-14(10-13)17(8-9-19-16)21-20-11-12-4-2-3-5-15(12)18/h2-11H,1H3,(H,19,21)/b20-11+. The van der Waals surface area contributed by atoms with Gasteiger partial charge in [-0.05, 0) is 30.3 Å². The predicted molar refractivity (Wildman–Crippen MR) is 91.0 cm³/mol. The van der Waals surface area contributed by atoms with Gasteiger partial charge in [0.05, 0.1) is 24.5 Å². The third kappa shape index (κ3) is 3.02. The van der Waals surface area contributed by atoms with Crippen molar-refractivity contribution in [3.63, 3.8) is 0 Å². The normalized spacial score (nSPS) is 11.0. The Morgan fingerprint density at radius 2 is 2.05 bits per heavy atom. The zero-order valence-corrected chi connectivity index (χ0v) is 12.7. The van der Waals surface area contributed by atoms with E-state index in [1.165, 1.54) is 0 Å². The van der Waals surface area contributed by atoms with Gasteiger partial charge in [-0.25, -0.2) is 0 Å². The molecule has 3 rings (SSSR count). The highest BCUT2D eigenvalue weighted by molar-refractivity contribution is 6.33. The molecular formula is C17H14ClN3O. The molecule has 0 aliphatic rings. The number of hydrogen-bond donors (Lipinski definition) is 1. The van der Waals surface area contributed by atoms with Crippen molar-refractivity contribution < 1.29 is 4.74 Å². The van der Waals surface area contributed by atoms with Gasteiger partial charge in [-0.3, -0.25) is 10.4 Å². The summed E-state index contributed by atoms with van der Waals surface area (Å²) in [6.45, 7) is 0. The number of benzene rings is 2. The van der Waals surface area contributed by atoms with E-state index in [0.717, 1.165) is 27.9 Å². The van der Waals surface area contributed by atoms with E-state index in [9.17, 15) is 0 Å². The first-order chi connectivity index (χ1) is 10.8. The molecule has 110 valence electrons. The summed E-state index contributed by atoms with van der Waals surface area (Å²) in [7, 11) is 1.64. The van der Waals surface area contributed by atoms with Crippen LogP contribution in [0.1, 0.15) is 5.56 Å². The van der Waals surface area contributed by atoms with Crippen LogP contribution < -0.4 is 10.2 Å². The molecule has 0 amide bonds. The minimum Gasteiger partial charge on any atom is -0.497 e. The number of nitrogens with zero attached hydrogens (tertiary/aromatic N) is 2. The Bertz CT molecular complexity index is 833. The van der Waals surface area contributed by atoms with Crippen LogP contribution in [0.5, 0.6) is 5.75 Å². The first kappa shape index (κ1) is 14.4. The summed E-state index contributed by atoms with van der Waals surface area (Å²) < 4.78 is 5.26. The van der Waals surface area contributed by atoms with Gasteiger partial charge in [0.25, 0.3) is 0 Å². The molecule has 0 saturated carbocycles. The Morgan fingerprint density at radius 3 is 2.86 bits per heavy atom. The topological polar surface area (TPSA) is 46.5 Å². The molecule has 0 aliphatic heterocycles. The van der Waals surface area contributed by atoms with Crippen LogP contribution in [0.2, 0.25) is 5.02 Å². The summed E-state index contributed by atoms with van der Waals surface area (Å²) in [6, 6.07) is 15.1. The lowest BCUT2D eigenvalue weighted by Gasteiger charge is -2.07. The maximum Gasteiger partial charge on any atom is 0.119 e. The van der Waals surface area contributed by atoms with Crippen LogP contribution in [0.25, 0.3) is 10.9 Å². The van der Waals surface area contributed by atoms with Crippen LogP contribution in [-0.4, -0.2) is 18.3 Å². The monoisotopic (exact) mass is 311 g/mol. The van der Waals surface area contributed by atoms with Gasteiger partial charge in [-0.15, -0.1) is 0 Å². The maximum atomic E-state index is 6.10. The van der Waals surface area contributed by atoms with Gasteiger partial charge in [0, 0.05) is 22.2 Å². The van der Waals surface area contributed by atoms with Crippen LogP contribution in [0.4, 0.5) is 5.69 Å². The Morgan fingerprint density at radius 1 is 1.18 bits per heavy atom. The number of hydrogen-bond acceptors (Lipinski definition) is 4. The first-order valence-corrected chi connectivity index (χ1v) is 7.12. The average Bonchev–Trinajstić information content (AvgIpc) is 2.56. The molecule has 0 unspecified atom stereocenters.